The van der Waals surface area contributed by atoms with E-state index in [-0.39, 0.29) is 5.76 Å². The van der Waals surface area contributed by atoms with Gasteiger partial charge in [0.1, 0.15) is 17.9 Å². The van der Waals surface area contributed by atoms with Gasteiger partial charge in [-0.3, -0.25) is 0 Å². The molecular weight excluding hydrogens is 352 g/mol. The summed E-state index contributed by atoms with van der Waals surface area (Å²) in [6, 6.07) is 8.68. The molecule has 0 aliphatic carbocycles. The van der Waals surface area contributed by atoms with Crippen molar-refractivity contribution in [1.82, 2.24) is 15.0 Å². The maximum Gasteiger partial charge on any atom is 0.371 e. The molecule has 0 bridgehead atoms. The van der Waals surface area contributed by atoms with E-state index >= 15 is 0 Å². The molecule has 3 aromatic heterocycles. The molecule has 4 aromatic rings. The summed E-state index contributed by atoms with van der Waals surface area (Å²) in [6.07, 6.45) is 1.52. The van der Waals surface area contributed by atoms with Crippen molar-refractivity contribution in [1.29, 1.82) is 0 Å². The zero-order chi connectivity index (χ0) is 18.3. The number of hydrogen-bond acceptors (Lipinski definition) is 7. The van der Waals surface area contributed by atoms with Crippen molar-refractivity contribution in [2.75, 3.05) is 11.9 Å². The number of rotatable bonds is 4. The Morgan fingerprint density at radius 3 is 2.77 bits per heavy atom. The maximum absolute atomic E-state index is 11.0. The zero-order valence-electron chi connectivity index (χ0n) is 14.0. The second kappa shape index (κ2) is 6.23. The number of benzene rings is 1. The van der Waals surface area contributed by atoms with Crippen LogP contribution in [0.25, 0.3) is 22.2 Å². The lowest BCUT2D eigenvalue weighted by molar-refractivity contribution is 0.0663. The largest absolute Gasteiger partial charge is 0.475 e. The van der Waals surface area contributed by atoms with E-state index in [4.69, 9.17) is 9.52 Å². The monoisotopic (exact) mass is 366 g/mol. The van der Waals surface area contributed by atoms with Crippen molar-refractivity contribution in [2.24, 2.45) is 0 Å². The minimum absolute atomic E-state index is 0.0972. The van der Waals surface area contributed by atoms with Crippen molar-refractivity contribution in [3.63, 3.8) is 0 Å². The van der Waals surface area contributed by atoms with E-state index in [1.165, 1.54) is 23.7 Å². The number of aryl methyl sites for hydroxylation is 1. The van der Waals surface area contributed by atoms with Crippen molar-refractivity contribution in [3.05, 3.63) is 53.5 Å². The van der Waals surface area contributed by atoms with Gasteiger partial charge in [-0.25, -0.2) is 19.7 Å². The summed E-state index contributed by atoms with van der Waals surface area (Å²) < 4.78 is 5.40. The first-order valence-corrected chi connectivity index (χ1v) is 8.65. The molecule has 0 saturated carbocycles. The summed E-state index contributed by atoms with van der Waals surface area (Å²) in [5.74, 6) is 0.00279. The minimum atomic E-state index is -1.10. The predicted octanol–water partition coefficient (Wildman–Crippen LogP) is 4.12. The van der Waals surface area contributed by atoms with E-state index in [0.29, 0.717) is 5.76 Å². The Morgan fingerprint density at radius 1 is 1.23 bits per heavy atom. The molecule has 0 radical (unpaired) electrons. The summed E-state index contributed by atoms with van der Waals surface area (Å²) in [7, 11) is 1.90. The smallest absolute Gasteiger partial charge is 0.371 e. The van der Waals surface area contributed by atoms with Crippen molar-refractivity contribution < 1.29 is 14.3 Å². The summed E-state index contributed by atoms with van der Waals surface area (Å²) >= 11 is 1.54. The number of aromatic nitrogens is 3. The summed E-state index contributed by atoms with van der Waals surface area (Å²) in [5, 5.41) is 12.7. The normalized spacial score (nSPS) is 11.0. The lowest BCUT2D eigenvalue weighted by Crippen LogP contribution is -2.11. The molecule has 0 saturated heterocycles. The Morgan fingerprint density at radius 2 is 2.08 bits per heavy atom. The lowest BCUT2D eigenvalue weighted by atomic mass is 10.1. The van der Waals surface area contributed by atoms with Crippen LogP contribution in [0, 0.1) is 6.92 Å². The maximum atomic E-state index is 11.0. The standard InChI is InChI=1S/C18H14N4O3S/c1-10-8-26-18(21-10)22(2)16-12-7-11(3-4-13(12)19-9-20-16)14-5-6-15(25-14)17(23)24/h3-9H,1-2H3,(H,23,24). The third-order valence-electron chi connectivity index (χ3n) is 3.93. The molecule has 0 aliphatic heterocycles. The highest BCUT2D eigenvalue weighted by atomic mass is 32.1. The first-order valence-electron chi connectivity index (χ1n) is 7.77. The lowest BCUT2D eigenvalue weighted by Gasteiger charge is -2.16. The molecule has 0 unspecified atom stereocenters. The molecule has 0 fully saturated rings. The number of hydrogen-bond donors (Lipinski definition) is 1. The molecule has 0 spiro atoms. The van der Waals surface area contributed by atoms with Gasteiger partial charge < -0.3 is 14.4 Å². The zero-order valence-corrected chi connectivity index (χ0v) is 14.8. The van der Waals surface area contributed by atoms with E-state index in [1.54, 1.807) is 6.07 Å². The SMILES string of the molecule is Cc1csc(N(C)c2ncnc3ccc(-c4ccc(C(=O)O)o4)cc23)n1. The average Bonchev–Trinajstić information content (AvgIpc) is 3.29. The minimum Gasteiger partial charge on any atom is -0.475 e. The van der Waals surface area contributed by atoms with Crippen LogP contribution in [-0.4, -0.2) is 33.1 Å². The number of fused-ring (bicyclic) bond motifs is 1. The van der Waals surface area contributed by atoms with Crippen LogP contribution in [-0.2, 0) is 0 Å². The number of furan rings is 1. The van der Waals surface area contributed by atoms with Crippen LogP contribution in [0.1, 0.15) is 16.2 Å². The van der Waals surface area contributed by atoms with Gasteiger partial charge in [0.05, 0.1) is 11.2 Å². The second-order valence-electron chi connectivity index (χ2n) is 5.73. The van der Waals surface area contributed by atoms with Gasteiger partial charge in [-0.2, -0.15) is 0 Å². The van der Waals surface area contributed by atoms with Gasteiger partial charge in [0.15, 0.2) is 5.13 Å². The number of nitrogens with zero attached hydrogens (tertiary/aromatic N) is 4. The molecule has 1 N–H and O–H groups in total. The molecule has 0 amide bonds. The first kappa shape index (κ1) is 16.2. The van der Waals surface area contributed by atoms with Crippen LogP contribution in [0.4, 0.5) is 10.9 Å². The van der Waals surface area contributed by atoms with E-state index in [0.717, 1.165) is 33.1 Å². The second-order valence-corrected chi connectivity index (χ2v) is 6.57. The van der Waals surface area contributed by atoms with Gasteiger partial charge in [0.2, 0.25) is 5.76 Å². The van der Waals surface area contributed by atoms with E-state index in [9.17, 15) is 4.79 Å². The average molecular weight is 366 g/mol. The Bertz CT molecular complexity index is 1120. The van der Waals surface area contributed by atoms with Crippen LogP contribution >= 0.6 is 11.3 Å². The van der Waals surface area contributed by atoms with Crippen LogP contribution in [0.3, 0.4) is 0 Å². The van der Waals surface area contributed by atoms with Crippen LogP contribution in [0.2, 0.25) is 0 Å². The number of carbonyl (C=O) groups is 1. The molecule has 3 heterocycles. The number of carboxylic acid groups (broad SMARTS) is 1. The Balaban J connectivity index is 1.82. The quantitative estimate of drug-likeness (QED) is 0.581. The van der Waals surface area contributed by atoms with Gasteiger partial charge in [-0.05, 0) is 37.3 Å². The van der Waals surface area contributed by atoms with Crippen molar-refractivity contribution >= 4 is 39.2 Å². The summed E-state index contributed by atoms with van der Waals surface area (Å²) in [6.45, 7) is 1.95. The molecular formula is C18H14N4O3S. The van der Waals surface area contributed by atoms with Crippen molar-refractivity contribution in [3.8, 4) is 11.3 Å². The molecule has 1 aromatic carbocycles. The van der Waals surface area contributed by atoms with E-state index < -0.39 is 5.97 Å². The molecule has 4 rings (SSSR count). The molecule has 0 atom stereocenters. The van der Waals surface area contributed by atoms with Crippen LogP contribution < -0.4 is 4.90 Å². The Kier molecular flexibility index (Phi) is 3.89. The molecule has 0 aliphatic rings. The highest BCUT2D eigenvalue weighted by Gasteiger charge is 2.16. The topological polar surface area (TPSA) is 92.4 Å². The fraction of sp³-hybridized carbons (Fsp3) is 0.111. The van der Waals surface area contributed by atoms with Gasteiger partial charge >= 0.3 is 5.97 Å². The Hall–Kier alpha value is -3.26. The number of carboxylic acids is 1. The summed E-state index contributed by atoms with van der Waals surface area (Å²) in [5.41, 5.74) is 2.49. The fourth-order valence-corrected chi connectivity index (χ4v) is 3.43. The van der Waals surface area contributed by atoms with Gasteiger partial charge in [-0.15, -0.1) is 11.3 Å². The Labute approximate surface area is 152 Å². The van der Waals surface area contributed by atoms with Gasteiger partial charge in [-0.1, -0.05) is 0 Å². The summed E-state index contributed by atoms with van der Waals surface area (Å²) in [4.78, 5) is 26.2. The molecule has 7 nitrogen and oxygen atoms in total. The van der Waals surface area contributed by atoms with Crippen LogP contribution in [0.5, 0.6) is 0 Å². The molecule has 8 heteroatoms. The third-order valence-corrected chi connectivity index (χ3v) is 4.96. The van der Waals surface area contributed by atoms with Crippen molar-refractivity contribution in [2.45, 2.75) is 6.92 Å². The molecule has 26 heavy (non-hydrogen) atoms. The highest BCUT2D eigenvalue weighted by Crippen LogP contribution is 2.33. The highest BCUT2D eigenvalue weighted by molar-refractivity contribution is 7.13. The number of aromatic carboxylic acids is 1. The third kappa shape index (κ3) is 2.80. The fourth-order valence-electron chi connectivity index (χ4n) is 2.66. The van der Waals surface area contributed by atoms with E-state index in [1.807, 2.05) is 42.5 Å². The van der Waals surface area contributed by atoms with Gasteiger partial charge in [0.25, 0.3) is 0 Å². The van der Waals surface area contributed by atoms with E-state index in [2.05, 4.69) is 15.0 Å². The van der Waals surface area contributed by atoms with Crippen LogP contribution in [0.15, 0.2) is 46.5 Å². The van der Waals surface area contributed by atoms with Gasteiger partial charge in [0, 0.05) is 23.4 Å². The number of thiazole rings is 1. The predicted molar refractivity (Wildman–Crippen MR) is 99.1 cm³/mol. The number of anilines is 2. The first-order chi connectivity index (χ1) is 12.5. The molecule has 130 valence electrons.